The number of halogens is 2. The highest BCUT2D eigenvalue weighted by atomic mass is 127. The Balaban J connectivity index is 0.00000420. The first-order chi connectivity index (χ1) is 13.5. The number of likely N-dealkylation sites (N-methyl/N-ethyl adjacent to an activating group) is 1. The SMILES string of the molecule is CCNC(=NCc1c(CC)nn(C)c1CC)N(C)CCOc1ccccc1F.I. The van der Waals surface area contributed by atoms with E-state index in [-0.39, 0.29) is 35.5 Å². The van der Waals surface area contributed by atoms with Crippen LogP contribution in [0.3, 0.4) is 0 Å². The smallest absolute Gasteiger partial charge is 0.194 e. The Kier molecular flexibility index (Phi) is 11.0. The van der Waals surface area contributed by atoms with Crippen LogP contribution in [0.15, 0.2) is 29.3 Å². The number of aryl methyl sites for hydroxylation is 2. The standard InChI is InChI=1S/C21H32FN5O.HI/c1-6-18-16(19(7-2)27(5)25-18)15-24-21(23-8-3)26(4)13-14-28-20-12-10-9-11-17(20)22;/h9-12H,6-8,13-15H2,1-5H3,(H,23,24);1H. The molecule has 0 aliphatic heterocycles. The maximum atomic E-state index is 13.7. The number of benzene rings is 1. The van der Waals surface area contributed by atoms with Crippen molar-refractivity contribution in [1.29, 1.82) is 0 Å². The molecule has 2 rings (SSSR count). The van der Waals surface area contributed by atoms with Gasteiger partial charge >= 0.3 is 0 Å². The van der Waals surface area contributed by atoms with Crippen LogP contribution in [0.4, 0.5) is 4.39 Å². The van der Waals surface area contributed by atoms with E-state index in [2.05, 4.69) is 24.3 Å². The third-order valence-electron chi connectivity index (χ3n) is 4.63. The topological polar surface area (TPSA) is 54.7 Å². The van der Waals surface area contributed by atoms with E-state index in [1.165, 1.54) is 17.3 Å². The van der Waals surface area contributed by atoms with Crippen LogP contribution in [-0.2, 0) is 26.4 Å². The van der Waals surface area contributed by atoms with Crippen molar-refractivity contribution in [2.45, 2.75) is 40.2 Å². The monoisotopic (exact) mass is 517 g/mol. The van der Waals surface area contributed by atoms with Crippen molar-refractivity contribution in [2.75, 3.05) is 26.7 Å². The first-order valence-corrected chi connectivity index (χ1v) is 9.92. The van der Waals surface area contributed by atoms with Crippen LogP contribution in [0.1, 0.15) is 37.7 Å². The van der Waals surface area contributed by atoms with Crippen LogP contribution in [-0.4, -0.2) is 47.4 Å². The van der Waals surface area contributed by atoms with Crippen molar-refractivity contribution in [3.8, 4) is 5.75 Å². The highest BCUT2D eigenvalue weighted by molar-refractivity contribution is 14.0. The zero-order valence-electron chi connectivity index (χ0n) is 18.0. The third-order valence-corrected chi connectivity index (χ3v) is 4.63. The molecule has 0 spiro atoms. The molecule has 0 atom stereocenters. The molecule has 6 nitrogen and oxygen atoms in total. The summed E-state index contributed by atoms with van der Waals surface area (Å²) in [5.41, 5.74) is 3.53. The lowest BCUT2D eigenvalue weighted by Gasteiger charge is -2.22. The fourth-order valence-electron chi connectivity index (χ4n) is 3.16. The van der Waals surface area contributed by atoms with Crippen LogP contribution in [0.2, 0.25) is 0 Å². The second kappa shape index (κ2) is 12.7. The van der Waals surface area contributed by atoms with Gasteiger partial charge in [-0.1, -0.05) is 26.0 Å². The Morgan fingerprint density at radius 3 is 2.59 bits per heavy atom. The summed E-state index contributed by atoms with van der Waals surface area (Å²) in [7, 11) is 3.94. The summed E-state index contributed by atoms with van der Waals surface area (Å²) >= 11 is 0. The van der Waals surface area contributed by atoms with Gasteiger partial charge in [-0.15, -0.1) is 24.0 Å². The molecule has 29 heavy (non-hydrogen) atoms. The van der Waals surface area contributed by atoms with E-state index in [1.807, 2.05) is 30.6 Å². The first-order valence-electron chi connectivity index (χ1n) is 9.92. The molecule has 0 saturated carbocycles. The maximum Gasteiger partial charge on any atom is 0.194 e. The molecule has 0 bridgehead atoms. The average Bonchev–Trinajstić information content (AvgIpc) is 3.00. The van der Waals surface area contributed by atoms with Crippen LogP contribution < -0.4 is 10.1 Å². The summed E-state index contributed by atoms with van der Waals surface area (Å²) in [6, 6.07) is 6.45. The van der Waals surface area contributed by atoms with E-state index in [1.54, 1.807) is 18.2 Å². The molecule has 1 N–H and O–H groups in total. The summed E-state index contributed by atoms with van der Waals surface area (Å²) in [5, 5.41) is 7.93. The van der Waals surface area contributed by atoms with Gasteiger partial charge in [0.25, 0.3) is 0 Å². The van der Waals surface area contributed by atoms with Crippen molar-refractivity contribution in [2.24, 2.45) is 12.0 Å². The number of ether oxygens (including phenoxy) is 1. The van der Waals surface area contributed by atoms with Gasteiger partial charge in [-0.05, 0) is 31.9 Å². The van der Waals surface area contributed by atoms with Crippen molar-refractivity contribution in [1.82, 2.24) is 20.0 Å². The molecular formula is C21H33FIN5O. The molecule has 0 aliphatic carbocycles. The molecule has 0 fully saturated rings. The molecule has 0 unspecified atom stereocenters. The van der Waals surface area contributed by atoms with Crippen LogP contribution in [0.5, 0.6) is 5.75 Å². The molecule has 1 aromatic heterocycles. The highest BCUT2D eigenvalue weighted by Crippen LogP contribution is 2.17. The van der Waals surface area contributed by atoms with Gasteiger partial charge in [0.15, 0.2) is 17.5 Å². The molecule has 1 heterocycles. The fraction of sp³-hybridized carbons (Fsp3) is 0.524. The number of hydrogen-bond donors (Lipinski definition) is 1. The first kappa shape index (κ1) is 25.2. The molecule has 0 aliphatic rings. The van der Waals surface area contributed by atoms with E-state index in [9.17, 15) is 4.39 Å². The average molecular weight is 517 g/mol. The van der Waals surface area contributed by atoms with E-state index >= 15 is 0 Å². The lowest BCUT2D eigenvalue weighted by Crippen LogP contribution is -2.40. The molecule has 162 valence electrons. The van der Waals surface area contributed by atoms with Crippen molar-refractivity contribution in [3.05, 3.63) is 47.0 Å². The Hall–Kier alpha value is -1.84. The van der Waals surface area contributed by atoms with Gasteiger partial charge in [0, 0.05) is 31.9 Å². The number of hydrogen-bond acceptors (Lipinski definition) is 3. The predicted molar refractivity (Wildman–Crippen MR) is 127 cm³/mol. The predicted octanol–water partition coefficient (Wildman–Crippen LogP) is 3.78. The van der Waals surface area contributed by atoms with Gasteiger partial charge in [-0.3, -0.25) is 4.68 Å². The van der Waals surface area contributed by atoms with Gasteiger partial charge in [0.2, 0.25) is 0 Å². The molecule has 2 aromatic rings. The fourth-order valence-corrected chi connectivity index (χ4v) is 3.16. The zero-order chi connectivity index (χ0) is 20.5. The number of nitrogens with one attached hydrogen (secondary N) is 1. The number of aliphatic imine (C=N–C) groups is 1. The van der Waals surface area contributed by atoms with Crippen LogP contribution in [0.25, 0.3) is 0 Å². The number of guanidine groups is 1. The van der Waals surface area contributed by atoms with Crippen molar-refractivity contribution < 1.29 is 9.13 Å². The van der Waals surface area contributed by atoms with Crippen molar-refractivity contribution in [3.63, 3.8) is 0 Å². The summed E-state index contributed by atoms with van der Waals surface area (Å²) in [5.74, 6) is 0.725. The van der Waals surface area contributed by atoms with Crippen LogP contribution >= 0.6 is 24.0 Å². The van der Waals surface area contributed by atoms with Crippen LogP contribution in [0, 0.1) is 5.82 Å². The quantitative estimate of drug-likeness (QED) is 0.313. The Morgan fingerprint density at radius 1 is 1.24 bits per heavy atom. The van der Waals surface area contributed by atoms with E-state index in [0.29, 0.717) is 19.7 Å². The second-order valence-electron chi connectivity index (χ2n) is 6.57. The summed E-state index contributed by atoms with van der Waals surface area (Å²) in [6.07, 6.45) is 1.82. The van der Waals surface area contributed by atoms with E-state index in [4.69, 9.17) is 9.73 Å². The lowest BCUT2D eigenvalue weighted by atomic mass is 10.1. The maximum absolute atomic E-state index is 13.7. The minimum atomic E-state index is -0.346. The summed E-state index contributed by atoms with van der Waals surface area (Å²) < 4.78 is 21.2. The van der Waals surface area contributed by atoms with Gasteiger partial charge in [0.1, 0.15) is 6.61 Å². The highest BCUT2D eigenvalue weighted by Gasteiger charge is 2.14. The minimum absolute atomic E-state index is 0. The lowest BCUT2D eigenvalue weighted by molar-refractivity contribution is 0.270. The normalized spacial score (nSPS) is 11.2. The Labute approximate surface area is 190 Å². The van der Waals surface area contributed by atoms with Gasteiger partial charge in [-0.2, -0.15) is 5.10 Å². The van der Waals surface area contributed by atoms with Crippen molar-refractivity contribution >= 4 is 29.9 Å². The molecular weight excluding hydrogens is 484 g/mol. The number of rotatable bonds is 9. The molecule has 8 heteroatoms. The third kappa shape index (κ3) is 6.87. The minimum Gasteiger partial charge on any atom is -0.489 e. The number of para-hydroxylation sites is 1. The zero-order valence-corrected chi connectivity index (χ0v) is 20.4. The van der Waals surface area contributed by atoms with Gasteiger partial charge in [0.05, 0.1) is 18.8 Å². The Bertz CT molecular complexity index is 793. The van der Waals surface area contributed by atoms with Gasteiger partial charge in [-0.25, -0.2) is 9.38 Å². The molecule has 0 amide bonds. The largest absolute Gasteiger partial charge is 0.489 e. The van der Waals surface area contributed by atoms with E-state index in [0.717, 1.165) is 31.0 Å². The number of aromatic nitrogens is 2. The molecule has 0 saturated heterocycles. The van der Waals surface area contributed by atoms with Gasteiger partial charge < -0.3 is 15.0 Å². The summed E-state index contributed by atoms with van der Waals surface area (Å²) in [4.78, 5) is 6.80. The molecule has 0 radical (unpaired) electrons. The number of nitrogens with zero attached hydrogens (tertiary/aromatic N) is 4. The Morgan fingerprint density at radius 2 is 1.97 bits per heavy atom. The molecule has 1 aromatic carbocycles. The second-order valence-corrected chi connectivity index (χ2v) is 6.57. The summed E-state index contributed by atoms with van der Waals surface area (Å²) in [6.45, 7) is 8.61. The van der Waals surface area contributed by atoms with E-state index < -0.39 is 0 Å².